The van der Waals surface area contributed by atoms with Crippen LogP contribution in [0.3, 0.4) is 0 Å². The lowest BCUT2D eigenvalue weighted by atomic mass is 10.1. The van der Waals surface area contributed by atoms with Gasteiger partial charge in [-0.15, -0.1) is 0 Å². The summed E-state index contributed by atoms with van der Waals surface area (Å²) in [6, 6.07) is 9.40. The van der Waals surface area contributed by atoms with E-state index in [1.165, 1.54) is 38.5 Å². The normalized spacial score (nSPS) is 14.9. The molecule has 6 heteroatoms. The summed E-state index contributed by atoms with van der Waals surface area (Å²) in [6.45, 7) is 0. The minimum absolute atomic E-state index is 0.261. The quantitative estimate of drug-likeness (QED) is 0.734. The second-order valence-electron chi connectivity index (χ2n) is 6.79. The van der Waals surface area contributed by atoms with E-state index in [1.54, 1.807) is 44.7 Å². The van der Waals surface area contributed by atoms with Crippen LogP contribution < -0.4 is 20.1 Å². The molecule has 1 amide bonds. The third-order valence-corrected chi connectivity index (χ3v) is 4.86. The zero-order valence-corrected chi connectivity index (χ0v) is 16.0. The Hall–Kier alpha value is -2.76. The van der Waals surface area contributed by atoms with Gasteiger partial charge in [0.2, 0.25) is 0 Å². The predicted octanol–water partition coefficient (Wildman–Crippen LogP) is 4.49. The first-order valence-corrected chi connectivity index (χ1v) is 9.45. The molecular formula is C21H27N3O3. The van der Waals surface area contributed by atoms with Crippen molar-refractivity contribution in [2.45, 2.75) is 44.6 Å². The van der Waals surface area contributed by atoms with Gasteiger partial charge < -0.3 is 20.1 Å². The molecular weight excluding hydrogens is 342 g/mol. The van der Waals surface area contributed by atoms with E-state index in [2.05, 4.69) is 15.6 Å². The van der Waals surface area contributed by atoms with Crippen molar-refractivity contribution in [3.05, 3.63) is 42.2 Å². The molecule has 6 nitrogen and oxygen atoms in total. The van der Waals surface area contributed by atoms with E-state index in [0.29, 0.717) is 28.9 Å². The molecule has 0 bridgehead atoms. The Kier molecular flexibility index (Phi) is 6.52. The molecule has 0 unspecified atom stereocenters. The Morgan fingerprint density at radius 3 is 2.30 bits per heavy atom. The summed E-state index contributed by atoms with van der Waals surface area (Å²) in [4.78, 5) is 16.8. The van der Waals surface area contributed by atoms with Crippen LogP contribution in [-0.4, -0.2) is 31.2 Å². The lowest BCUT2D eigenvalue weighted by Crippen LogP contribution is -2.19. The van der Waals surface area contributed by atoms with E-state index in [1.807, 2.05) is 6.07 Å². The van der Waals surface area contributed by atoms with Crippen molar-refractivity contribution < 1.29 is 14.3 Å². The van der Waals surface area contributed by atoms with E-state index in [9.17, 15) is 4.79 Å². The lowest BCUT2D eigenvalue weighted by molar-refractivity contribution is 0.102. The molecule has 0 saturated heterocycles. The SMILES string of the molecule is COc1ccc(NC(=O)c2ccc(NC3CCCCCC3)cn2)cc1OC. The number of rotatable bonds is 6. The maximum Gasteiger partial charge on any atom is 0.274 e. The van der Waals surface area contributed by atoms with Gasteiger partial charge in [-0.25, -0.2) is 4.98 Å². The number of amides is 1. The van der Waals surface area contributed by atoms with Crippen molar-refractivity contribution in [1.29, 1.82) is 0 Å². The lowest BCUT2D eigenvalue weighted by Gasteiger charge is -2.17. The van der Waals surface area contributed by atoms with Crippen molar-refractivity contribution in [3.8, 4) is 11.5 Å². The Labute approximate surface area is 160 Å². The third kappa shape index (κ3) is 5.12. The first-order valence-electron chi connectivity index (χ1n) is 9.45. The van der Waals surface area contributed by atoms with E-state index in [4.69, 9.17) is 9.47 Å². The number of carbonyl (C=O) groups excluding carboxylic acids is 1. The van der Waals surface area contributed by atoms with Crippen LogP contribution in [0.25, 0.3) is 0 Å². The van der Waals surface area contributed by atoms with Gasteiger partial charge in [0, 0.05) is 17.8 Å². The number of nitrogens with one attached hydrogen (secondary N) is 2. The van der Waals surface area contributed by atoms with Crippen LogP contribution in [0.15, 0.2) is 36.5 Å². The summed E-state index contributed by atoms with van der Waals surface area (Å²) in [7, 11) is 3.13. The largest absolute Gasteiger partial charge is 0.493 e. The van der Waals surface area contributed by atoms with Gasteiger partial charge in [0.1, 0.15) is 5.69 Å². The van der Waals surface area contributed by atoms with Gasteiger partial charge in [0.25, 0.3) is 5.91 Å². The van der Waals surface area contributed by atoms with Crippen molar-refractivity contribution >= 4 is 17.3 Å². The maximum atomic E-state index is 12.4. The molecule has 1 heterocycles. The molecule has 1 aliphatic rings. The second kappa shape index (κ2) is 9.26. The summed E-state index contributed by atoms with van der Waals surface area (Å²) in [5.74, 6) is 0.914. The number of hydrogen-bond donors (Lipinski definition) is 2. The Morgan fingerprint density at radius 1 is 0.963 bits per heavy atom. The van der Waals surface area contributed by atoms with Crippen LogP contribution >= 0.6 is 0 Å². The Bertz CT molecular complexity index is 754. The molecule has 2 aromatic rings. The number of benzene rings is 1. The minimum Gasteiger partial charge on any atom is -0.493 e. The van der Waals surface area contributed by atoms with Crippen LogP contribution in [0.2, 0.25) is 0 Å². The third-order valence-electron chi connectivity index (χ3n) is 4.86. The van der Waals surface area contributed by atoms with E-state index >= 15 is 0 Å². The molecule has 0 radical (unpaired) electrons. The summed E-state index contributed by atoms with van der Waals surface area (Å²) < 4.78 is 10.5. The zero-order chi connectivity index (χ0) is 19.1. The fourth-order valence-corrected chi connectivity index (χ4v) is 3.38. The summed E-state index contributed by atoms with van der Waals surface area (Å²) in [5, 5.41) is 6.38. The van der Waals surface area contributed by atoms with Crippen molar-refractivity contribution in [2.75, 3.05) is 24.9 Å². The molecule has 1 aliphatic carbocycles. The Balaban J connectivity index is 1.61. The van der Waals surface area contributed by atoms with E-state index in [0.717, 1.165) is 5.69 Å². The van der Waals surface area contributed by atoms with Gasteiger partial charge in [-0.3, -0.25) is 4.79 Å². The molecule has 144 valence electrons. The van der Waals surface area contributed by atoms with Crippen LogP contribution in [0.5, 0.6) is 11.5 Å². The summed E-state index contributed by atoms with van der Waals surface area (Å²) in [6.07, 6.45) is 9.32. The second-order valence-corrected chi connectivity index (χ2v) is 6.79. The van der Waals surface area contributed by atoms with Crippen molar-refractivity contribution in [3.63, 3.8) is 0 Å². The van der Waals surface area contributed by atoms with Gasteiger partial charge in [0.15, 0.2) is 11.5 Å². The number of hydrogen-bond acceptors (Lipinski definition) is 5. The zero-order valence-electron chi connectivity index (χ0n) is 16.0. The van der Waals surface area contributed by atoms with Gasteiger partial charge in [-0.2, -0.15) is 0 Å². The maximum absolute atomic E-state index is 12.4. The number of methoxy groups -OCH3 is 2. The molecule has 27 heavy (non-hydrogen) atoms. The molecule has 2 N–H and O–H groups in total. The van der Waals surface area contributed by atoms with Gasteiger partial charge in [-0.1, -0.05) is 25.7 Å². The Morgan fingerprint density at radius 2 is 1.67 bits per heavy atom. The number of anilines is 2. The van der Waals surface area contributed by atoms with E-state index in [-0.39, 0.29) is 5.91 Å². The predicted molar refractivity (Wildman–Crippen MR) is 107 cm³/mol. The highest BCUT2D eigenvalue weighted by Gasteiger charge is 2.13. The number of carbonyl (C=O) groups is 1. The van der Waals surface area contributed by atoms with E-state index < -0.39 is 0 Å². The molecule has 1 fully saturated rings. The molecule has 3 rings (SSSR count). The standard InChI is InChI=1S/C21H27N3O3/c1-26-19-12-10-16(13-20(19)27-2)24-21(25)18-11-9-17(14-22-18)23-15-7-5-3-4-6-8-15/h9-15,23H,3-8H2,1-2H3,(H,24,25). The summed E-state index contributed by atoms with van der Waals surface area (Å²) >= 11 is 0. The monoisotopic (exact) mass is 369 g/mol. The fourth-order valence-electron chi connectivity index (χ4n) is 3.38. The van der Waals surface area contributed by atoms with Crippen LogP contribution in [0, 0.1) is 0 Å². The first-order chi connectivity index (χ1) is 13.2. The van der Waals surface area contributed by atoms with Gasteiger partial charge in [-0.05, 0) is 37.1 Å². The molecule has 0 aliphatic heterocycles. The number of nitrogens with zero attached hydrogens (tertiary/aromatic N) is 1. The number of pyridine rings is 1. The molecule has 0 spiro atoms. The average molecular weight is 369 g/mol. The topological polar surface area (TPSA) is 72.5 Å². The molecule has 0 atom stereocenters. The summed E-state index contributed by atoms with van der Waals surface area (Å²) in [5.41, 5.74) is 1.96. The van der Waals surface area contributed by atoms with Gasteiger partial charge in [0.05, 0.1) is 26.1 Å². The van der Waals surface area contributed by atoms with Crippen LogP contribution in [0.1, 0.15) is 49.0 Å². The van der Waals surface area contributed by atoms with Crippen molar-refractivity contribution in [2.24, 2.45) is 0 Å². The van der Waals surface area contributed by atoms with Gasteiger partial charge >= 0.3 is 0 Å². The molecule has 1 aromatic carbocycles. The average Bonchev–Trinajstić information content (AvgIpc) is 2.97. The fraction of sp³-hybridized carbons (Fsp3) is 0.429. The number of ether oxygens (including phenoxy) is 2. The van der Waals surface area contributed by atoms with Crippen LogP contribution in [0.4, 0.5) is 11.4 Å². The number of aromatic nitrogens is 1. The highest BCUT2D eigenvalue weighted by atomic mass is 16.5. The molecule has 1 aromatic heterocycles. The van der Waals surface area contributed by atoms with Crippen LogP contribution in [-0.2, 0) is 0 Å². The highest BCUT2D eigenvalue weighted by Crippen LogP contribution is 2.30. The molecule has 1 saturated carbocycles. The van der Waals surface area contributed by atoms with Crippen molar-refractivity contribution in [1.82, 2.24) is 4.98 Å². The smallest absolute Gasteiger partial charge is 0.274 e. The highest BCUT2D eigenvalue weighted by molar-refractivity contribution is 6.03. The first kappa shape index (κ1) is 19.0. The minimum atomic E-state index is -0.261.